The fourth-order valence-corrected chi connectivity index (χ4v) is 2.24. The van der Waals surface area contributed by atoms with Crippen LogP contribution < -0.4 is 10.6 Å². The van der Waals surface area contributed by atoms with Crippen molar-refractivity contribution in [1.29, 1.82) is 5.41 Å². The van der Waals surface area contributed by atoms with Crippen LogP contribution in [0.1, 0.15) is 32.3 Å². The van der Waals surface area contributed by atoms with Crippen LogP contribution in [-0.2, 0) is 0 Å². The molecule has 1 aromatic rings. The van der Waals surface area contributed by atoms with Gasteiger partial charge in [-0.3, -0.25) is 5.41 Å². The van der Waals surface area contributed by atoms with Gasteiger partial charge < -0.3 is 10.6 Å². The number of nitrogens with zero attached hydrogens (tertiary/aromatic N) is 1. The smallest absolute Gasteiger partial charge is 0.136 e. The molecule has 1 fully saturated rings. The SMILES string of the molecule is CC(C)CN(c1cccc(F)c1C(=N)N)C1CC1. The van der Waals surface area contributed by atoms with E-state index in [0.29, 0.717) is 12.0 Å². The minimum Gasteiger partial charge on any atom is -0.384 e. The second-order valence-corrected chi connectivity index (χ2v) is 5.33. The van der Waals surface area contributed by atoms with Crippen molar-refractivity contribution in [1.82, 2.24) is 0 Å². The zero-order valence-electron chi connectivity index (χ0n) is 10.9. The summed E-state index contributed by atoms with van der Waals surface area (Å²) in [7, 11) is 0. The zero-order valence-corrected chi connectivity index (χ0v) is 10.9. The molecular weight excluding hydrogens is 229 g/mol. The number of hydrogen-bond donors (Lipinski definition) is 2. The third kappa shape index (κ3) is 2.63. The van der Waals surface area contributed by atoms with E-state index in [1.54, 1.807) is 6.07 Å². The van der Waals surface area contributed by atoms with Gasteiger partial charge in [0, 0.05) is 12.6 Å². The van der Waals surface area contributed by atoms with Crippen LogP contribution in [0.25, 0.3) is 0 Å². The van der Waals surface area contributed by atoms with E-state index in [4.69, 9.17) is 11.1 Å². The molecule has 0 unspecified atom stereocenters. The summed E-state index contributed by atoms with van der Waals surface area (Å²) in [4.78, 5) is 2.20. The summed E-state index contributed by atoms with van der Waals surface area (Å²) in [6, 6.07) is 5.39. The van der Waals surface area contributed by atoms with Crippen LogP contribution >= 0.6 is 0 Å². The standard InChI is InChI=1S/C14H20FN3/c1-9(2)8-18(10-6-7-10)12-5-3-4-11(15)13(12)14(16)17/h3-5,9-10H,6-8H2,1-2H3,(H3,16,17). The van der Waals surface area contributed by atoms with Crippen molar-refractivity contribution in [3.05, 3.63) is 29.6 Å². The Labute approximate surface area is 107 Å². The number of rotatable bonds is 5. The summed E-state index contributed by atoms with van der Waals surface area (Å²) in [6.07, 6.45) is 2.28. The topological polar surface area (TPSA) is 53.1 Å². The first kappa shape index (κ1) is 12.9. The molecular formula is C14H20FN3. The average molecular weight is 249 g/mol. The van der Waals surface area contributed by atoms with Crippen molar-refractivity contribution in [3.8, 4) is 0 Å². The van der Waals surface area contributed by atoms with Gasteiger partial charge in [0.05, 0.1) is 11.3 Å². The third-order valence-corrected chi connectivity index (χ3v) is 3.12. The summed E-state index contributed by atoms with van der Waals surface area (Å²) in [6.45, 7) is 5.15. The van der Waals surface area contributed by atoms with Crippen LogP contribution in [0.2, 0.25) is 0 Å². The minimum absolute atomic E-state index is 0.197. The highest BCUT2D eigenvalue weighted by atomic mass is 19.1. The number of nitrogen functional groups attached to an aromatic ring is 1. The van der Waals surface area contributed by atoms with E-state index in [1.807, 2.05) is 6.07 Å². The highest BCUT2D eigenvalue weighted by Crippen LogP contribution is 2.34. The monoisotopic (exact) mass is 249 g/mol. The van der Waals surface area contributed by atoms with E-state index in [1.165, 1.54) is 6.07 Å². The second kappa shape index (κ2) is 4.96. The Kier molecular flexibility index (Phi) is 3.55. The molecule has 0 bridgehead atoms. The van der Waals surface area contributed by atoms with E-state index < -0.39 is 5.82 Å². The third-order valence-electron chi connectivity index (χ3n) is 3.12. The number of nitrogens with one attached hydrogen (secondary N) is 1. The number of nitrogens with two attached hydrogens (primary N) is 1. The van der Waals surface area contributed by atoms with Gasteiger partial charge in [-0.05, 0) is 30.9 Å². The van der Waals surface area contributed by atoms with Gasteiger partial charge in [-0.25, -0.2) is 4.39 Å². The minimum atomic E-state index is -0.408. The molecule has 98 valence electrons. The molecule has 1 aliphatic carbocycles. The molecule has 0 atom stereocenters. The van der Waals surface area contributed by atoms with Crippen molar-refractivity contribution < 1.29 is 4.39 Å². The molecule has 2 rings (SSSR count). The van der Waals surface area contributed by atoms with Crippen molar-refractivity contribution in [2.45, 2.75) is 32.7 Å². The second-order valence-electron chi connectivity index (χ2n) is 5.33. The Morgan fingerprint density at radius 1 is 1.50 bits per heavy atom. The molecule has 0 spiro atoms. The van der Waals surface area contributed by atoms with Crippen LogP contribution in [0.4, 0.5) is 10.1 Å². The van der Waals surface area contributed by atoms with Gasteiger partial charge in [-0.1, -0.05) is 19.9 Å². The van der Waals surface area contributed by atoms with Crippen LogP contribution in [0.15, 0.2) is 18.2 Å². The lowest BCUT2D eigenvalue weighted by atomic mass is 10.1. The van der Waals surface area contributed by atoms with Gasteiger partial charge in [-0.2, -0.15) is 0 Å². The summed E-state index contributed by atoms with van der Waals surface area (Å²) < 4.78 is 13.8. The lowest BCUT2D eigenvalue weighted by Crippen LogP contribution is -2.32. The van der Waals surface area contributed by atoms with Crippen LogP contribution in [0, 0.1) is 17.1 Å². The van der Waals surface area contributed by atoms with Crippen LogP contribution in [0.5, 0.6) is 0 Å². The van der Waals surface area contributed by atoms with Gasteiger partial charge in [0.1, 0.15) is 11.7 Å². The summed E-state index contributed by atoms with van der Waals surface area (Å²) in [5.41, 5.74) is 6.52. The van der Waals surface area contributed by atoms with E-state index in [9.17, 15) is 4.39 Å². The average Bonchev–Trinajstić information content (AvgIpc) is 3.08. The fraction of sp³-hybridized carbons (Fsp3) is 0.500. The normalized spacial score (nSPS) is 14.9. The van der Waals surface area contributed by atoms with Crippen molar-refractivity contribution >= 4 is 11.5 Å². The lowest BCUT2D eigenvalue weighted by molar-refractivity contribution is 0.598. The van der Waals surface area contributed by atoms with Gasteiger partial charge in [-0.15, -0.1) is 0 Å². The largest absolute Gasteiger partial charge is 0.384 e. The fourth-order valence-electron chi connectivity index (χ4n) is 2.24. The van der Waals surface area contributed by atoms with Gasteiger partial charge in [0.25, 0.3) is 0 Å². The maximum atomic E-state index is 13.8. The zero-order chi connectivity index (χ0) is 13.3. The number of amidine groups is 1. The predicted molar refractivity (Wildman–Crippen MR) is 72.6 cm³/mol. The van der Waals surface area contributed by atoms with Crippen molar-refractivity contribution in [2.75, 3.05) is 11.4 Å². The molecule has 1 aliphatic rings. The van der Waals surface area contributed by atoms with E-state index in [0.717, 1.165) is 25.1 Å². The molecule has 0 radical (unpaired) electrons. The Morgan fingerprint density at radius 3 is 2.67 bits per heavy atom. The van der Waals surface area contributed by atoms with E-state index in [2.05, 4.69) is 18.7 Å². The first-order valence-electron chi connectivity index (χ1n) is 6.40. The Balaban J connectivity index is 2.40. The first-order valence-corrected chi connectivity index (χ1v) is 6.40. The quantitative estimate of drug-likeness (QED) is 0.622. The van der Waals surface area contributed by atoms with Crippen molar-refractivity contribution in [3.63, 3.8) is 0 Å². The van der Waals surface area contributed by atoms with Gasteiger partial charge >= 0.3 is 0 Å². The lowest BCUT2D eigenvalue weighted by Gasteiger charge is -2.28. The molecule has 1 aromatic carbocycles. The molecule has 0 saturated heterocycles. The number of halogens is 1. The predicted octanol–water partition coefficient (Wildman–Crippen LogP) is 2.73. The number of benzene rings is 1. The first-order chi connectivity index (χ1) is 8.50. The van der Waals surface area contributed by atoms with E-state index >= 15 is 0 Å². The molecule has 0 amide bonds. The summed E-state index contributed by atoms with van der Waals surface area (Å²) in [5, 5.41) is 7.57. The van der Waals surface area contributed by atoms with Crippen LogP contribution in [-0.4, -0.2) is 18.4 Å². The molecule has 0 aliphatic heterocycles. The highest BCUT2D eigenvalue weighted by Gasteiger charge is 2.31. The maximum absolute atomic E-state index is 13.8. The molecule has 1 saturated carbocycles. The number of anilines is 1. The van der Waals surface area contributed by atoms with Crippen LogP contribution in [0.3, 0.4) is 0 Å². The summed E-state index contributed by atoms with van der Waals surface area (Å²) >= 11 is 0. The molecule has 18 heavy (non-hydrogen) atoms. The van der Waals surface area contributed by atoms with E-state index in [-0.39, 0.29) is 11.4 Å². The van der Waals surface area contributed by atoms with Gasteiger partial charge in [0.15, 0.2) is 0 Å². The summed E-state index contributed by atoms with van der Waals surface area (Å²) in [5.74, 6) is -0.111. The molecule has 0 aromatic heterocycles. The highest BCUT2D eigenvalue weighted by molar-refractivity contribution is 6.00. The number of hydrogen-bond acceptors (Lipinski definition) is 2. The van der Waals surface area contributed by atoms with Crippen molar-refractivity contribution in [2.24, 2.45) is 11.7 Å². The van der Waals surface area contributed by atoms with Gasteiger partial charge in [0.2, 0.25) is 0 Å². The Bertz CT molecular complexity index is 452. The molecule has 3 nitrogen and oxygen atoms in total. The molecule has 0 heterocycles. The Morgan fingerprint density at radius 2 is 2.17 bits per heavy atom. The molecule has 3 N–H and O–H groups in total. The Hall–Kier alpha value is -1.58. The molecule has 4 heteroatoms. The maximum Gasteiger partial charge on any atom is 0.136 e.